The van der Waals surface area contributed by atoms with E-state index in [0.717, 1.165) is 5.69 Å². The van der Waals surface area contributed by atoms with Gasteiger partial charge in [0.15, 0.2) is 0 Å². The molecule has 0 fully saturated rings. The van der Waals surface area contributed by atoms with E-state index in [1.165, 1.54) is 0 Å². The maximum Gasteiger partial charge on any atom is 0.343 e. The first-order valence-electron chi connectivity index (χ1n) is 5.73. The second-order valence-electron chi connectivity index (χ2n) is 4.08. The number of halogens is 1. The maximum absolute atomic E-state index is 13.6. The highest BCUT2D eigenvalue weighted by molar-refractivity contribution is 5.75. The maximum atomic E-state index is 13.6. The molecule has 0 aliphatic heterocycles. The van der Waals surface area contributed by atoms with Gasteiger partial charge < -0.3 is 14.7 Å². The number of benzene rings is 1. The summed E-state index contributed by atoms with van der Waals surface area (Å²) in [5.74, 6) is -1.04. The van der Waals surface area contributed by atoms with Crippen molar-refractivity contribution < 1.29 is 19.0 Å². The summed E-state index contributed by atoms with van der Waals surface area (Å²) >= 11 is 0. The molecular weight excluding hydrogens is 237 g/mol. The molecule has 0 bridgehead atoms. The van der Waals surface area contributed by atoms with Crippen LogP contribution in [0, 0.1) is 0 Å². The summed E-state index contributed by atoms with van der Waals surface area (Å²) < 4.78 is 18.1. The Hall–Kier alpha value is -1.62. The molecule has 0 aromatic heterocycles. The Labute approximate surface area is 106 Å². The molecule has 1 aromatic rings. The summed E-state index contributed by atoms with van der Waals surface area (Å²) in [6.45, 7) is 1.68. The Bertz CT molecular complexity index is 392. The molecule has 0 radical (unpaired) electrons. The molecule has 0 saturated heterocycles. The predicted molar refractivity (Wildman–Crippen MR) is 67.3 cm³/mol. The summed E-state index contributed by atoms with van der Waals surface area (Å²) in [6.07, 6.45) is -3.56. The van der Waals surface area contributed by atoms with Crippen LogP contribution >= 0.6 is 0 Å². The Kier molecular flexibility index (Phi) is 5.09. The minimum absolute atomic E-state index is 0.0888. The molecule has 1 aromatic carbocycles. The second kappa shape index (κ2) is 6.35. The topological polar surface area (TPSA) is 49.8 Å². The fourth-order valence-electron chi connectivity index (χ4n) is 1.49. The zero-order valence-electron chi connectivity index (χ0n) is 10.8. The summed E-state index contributed by atoms with van der Waals surface area (Å²) in [5.41, 5.74) is 1.28. The van der Waals surface area contributed by atoms with E-state index in [4.69, 9.17) is 0 Å². The molecule has 4 nitrogen and oxygen atoms in total. The van der Waals surface area contributed by atoms with E-state index >= 15 is 0 Å². The van der Waals surface area contributed by atoms with Gasteiger partial charge in [0, 0.05) is 19.8 Å². The Balaban J connectivity index is 2.77. The summed E-state index contributed by atoms with van der Waals surface area (Å²) in [5, 5.41) is 9.73. The van der Waals surface area contributed by atoms with Crippen LogP contribution in [0.25, 0.3) is 0 Å². The Morgan fingerprint density at radius 3 is 2.39 bits per heavy atom. The molecule has 0 unspecified atom stereocenters. The van der Waals surface area contributed by atoms with E-state index in [2.05, 4.69) is 4.74 Å². The van der Waals surface area contributed by atoms with E-state index in [9.17, 15) is 14.3 Å². The van der Waals surface area contributed by atoms with Crippen molar-refractivity contribution in [2.45, 2.75) is 19.2 Å². The predicted octanol–water partition coefficient (Wildman–Crippen LogP) is 1.69. The average molecular weight is 255 g/mol. The fourth-order valence-corrected chi connectivity index (χ4v) is 1.49. The van der Waals surface area contributed by atoms with Gasteiger partial charge in [0.2, 0.25) is 6.17 Å². The average Bonchev–Trinajstić information content (AvgIpc) is 2.37. The molecule has 0 spiro atoms. The fraction of sp³-hybridized carbons (Fsp3) is 0.462. The van der Waals surface area contributed by atoms with Crippen LogP contribution in [0.1, 0.15) is 18.6 Å². The summed E-state index contributed by atoms with van der Waals surface area (Å²) in [4.78, 5) is 13.1. The van der Waals surface area contributed by atoms with Crippen molar-refractivity contribution in [1.82, 2.24) is 0 Å². The van der Waals surface area contributed by atoms with Gasteiger partial charge in [-0.3, -0.25) is 0 Å². The number of hydrogen-bond acceptors (Lipinski definition) is 4. The van der Waals surface area contributed by atoms with Crippen LogP contribution in [0.3, 0.4) is 0 Å². The quantitative estimate of drug-likeness (QED) is 0.813. The number of carbonyl (C=O) groups excluding carboxylic acids is 1. The van der Waals surface area contributed by atoms with Crippen molar-refractivity contribution >= 4 is 11.7 Å². The normalized spacial score (nSPS) is 13.8. The highest BCUT2D eigenvalue weighted by atomic mass is 19.1. The first-order chi connectivity index (χ1) is 8.47. The lowest BCUT2D eigenvalue weighted by molar-refractivity contribution is -0.153. The minimum atomic E-state index is -2.06. The number of aliphatic hydroxyl groups is 1. The van der Waals surface area contributed by atoms with Crippen LogP contribution in [0.15, 0.2) is 24.3 Å². The van der Waals surface area contributed by atoms with Crippen molar-refractivity contribution in [3.63, 3.8) is 0 Å². The van der Waals surface area contributed by atoms with Gasteiger partial charge >= 0.3 is 5.97 Å². The van der Waals surface area contributed by atoms with Gasteiger partial charge in [-0.05, 0) is 24.6 Å². The summed E-state index contributed by atoms with van der Waals surface area (Å²) in [7, 11) is 3.75. The molecule has 0 heterocycles. The third-order valence-electron chi connectivity index (χ3n) is 2.54. The Morgan fingerprint density at radius 2 is 1.94 bits per heavy atom. The molecule has 2 atom stereocenters. The van der Waals surface area contributed by atoms with Gasteiger partial charge in [-0.2, -0.15) is 0 Å². The van der Waals surface area contributed by atoms with Gasteiger partial charge in [0.05, 0.1) is 6.61 Å². The van der Waals surface area contributed by atoms with E-state index in [1.54, 1.807) is 31.2 Å². The molecule has 0 amide bonds. The molecule has 100 valence electrons. The van der Waals surface area contributed by atoms with Crippen LogP contribution in [0.2, 0.25) is 0 Å². The highest BCUT2D eigenvalue weighted by Gasteiger charge is 2.28. The van der Waals surface area contributed by atoms with Gasteiger partial charge in [-0.1, -0.05) is 12.1 Å². The highest BCUT2D eigenvalue weighted by Crippen LogP contribution is 2.22. The van der Waals surface area contributed by atoms with Crippen molar-refractivity contribution in [2.75, 3.05) is 25.6 Å². The number of carbonyl (C=O) groups is 1. The monoisotopic (exact) mass is 255 g/mol. The molecule has 0 aliphatic rings. The van der Waals surface area contributed by atoms with Crippen molar-refractivity contribution in [1.29, 1.82) is 0 Å². The second-order valence-corrected chi connectivity index (χ2v) is 4.08. The lowest BCUT2D eigenvalue weighted by atomic mass is 10.0. The van der Waals surface area contributed by atoms with Gasteiger partial charge in [0.25, 0.3) is 0 Å². The SMILES string of the molecule is CCOC(=O)[C@H](F)[C@H](O)c1ccc(N(C)C)cc1. The molecule has 1 N–H and O–H groups in total. The number of esters is 1. The van der Waals surface area contributed by atoms with Crippen LogP contribution in [-0.4, -0.2) is 37.9 Å². The van der Waals surface area contributed by atoms with Gasteiger partial charge in [-0.15, -0.1) is 0 Å². The number of rotatable bonds is 5. The van der Waals surface area contributed by atoms with E-state index in [0.29, 0.717) is 5.56 Å². The lowest BCUT2D eigenvalue weighted by Crippen LogP contribution is -2.26. The third kappa shape index (κ3) is 3.43. The molecule has 5 heteroatoms. The zero-order valence-corrected chi connectivity index (χ0v) is 10.8. The number of hydrogen-bond donors (Lipinski definition) is 1. The zero-order chi connectivity index (χ0) is 13.7. The molecular formula is C13H18FNO3. The van der Waals surface area contributed by atoms with Crippen LogP contribution in [-0.2, 0) is 9.53 Å². The number of alkyl halides is 1. The van der Waals surface area contributed by atoms with Crippen LogP contribution in [0.5, 0.6) is 0 Å². The number of anilines is 1. The van der Waals surface area contributed by atoms with Crippen LogP contribution < -0.4 is 4.90 Å². The van der Waals surface area contributed by atoms with Crippen molar-refractivity contribution in [2.24, 2.45) is 0 Å². The Morgan fingerprint density at radius 1 is 1.39 bits per heavy atom. The van der Waals surface area contributed by atoms with Crippen LogP contribution in [0.4, 0.5) is 10.1 Å². The smallest absolute Gasteiger partial charge is 0.343 e. The molecule has 18 heavy (non-hydrogen) atoms. The number of nitrogens with zero attached hydrogens (tertiary/aromatic N) is 1. The van der Waals surface area contributed by atoms with E-state index in [1.807, 2.05) is 19.0 Å². The largest absolute Gasteiger partial charge is 0.464 e. The number of ether oxygens (including phenoxy) is 1. The standard InChI is InChI=1S/C13H18FNO3/c1-4-18-13(17)11(14)12(16)9-5-7-10(8-6-9)15(2)3/h5-8,11-12,16H,4H2,1-3H3/t11-,12-/m1/s1. The van der Waals surface area contributed by atoms with E-state index in [-0.39, 0.29) is 6.61 Å². The van der Waals surface area contributed by atoms with Gasteiger partial charge in [0.1, 0.15) is 6.10 Å². The molecule has 1 rings (SSSR count). The first-order valence-corrected chi connectivity index (χ1v) is 5.73. The number of aliphatic hydroxyl groups excluding tert-OH is 1. The molecule has 0 saturated carbocycles. The first kappa shape index (κ1) is 14.4. The summed E-state index contributed by atoms with van der Waals surface area (Å²) in [6, 6.07) is 6.67. The third-order valence-corrected chi connectivity index (χ3v) is 2.54. The van der Waals surface area contributed by atoms with Gasteiger partial charge in [-0.25, -0.2) is 9.18 Å². The lowest BCUT2D eigenvalue weighted by Gasteiger charge is -2.17. The van der Waals surface area contributed by atoms with E-state index < -0.39 is 18.2 Å². The van der Waals surface area contributed by atoms with Crippen molar-refractivity contribution in [3.05, 3.63) is 29.8 Å². The minimum Gasteiger partial charge on any atom is -0.464 e. The molecule has 0 aliphatic carbocycles. The van der Waals surface area contributed by atoms with Crippen molar-refractivity contribution in [3.8, 4) is 0 Å².